The van der Waals surface area contributed by atoms with Crippen molar-refractivity contribution >= 4 is 5.78 Å². The SMILES string of the molecule is COCC(=O)c1ccnnc1. The molecule has 58 valence electrons. The number of aromatic nitrogens is 2. The van der Waals surface area contributed by atoms with Crippen LogP contribution in [0.25, 0.3) is 0 Å². The molecule has 4 heteroatoms. The van der Waals surface area contributed by atoms with Crippen LogP contribution in [-0.2, 0) is 4.74 Å². The van der Waals surface area contributed by atoms with E-state index in [0.29, 0.717) is 5.56 Å². The second kappa shape index (κ2) is 3.78. The molecule has 0 saturated carbocycles. The average Bonchev–Trinajstić information content (AvgIpc) is 2.07. The summed E-state index contributed by atoms with van der Waals surface area (Å²) in [6.07, 6.45) is 2.89. The van der Waals surface area contributed by atoms with Gasteiger partial charge in [-0.15, -0.1) is 0 Å². The topological polar surface area (TPSA) is 52.1 Å². The fourth-order valence-corrected chi connectivity index (χ4v) is 0.670. The van der Waals surface area contributed by atoms with E-state index in [1.807, 2.05) is 0 Å². The fraction of sp³-hybridized carbons (Fsp3) is 0.286. The zero-order valence-corrected chi connectivity index (χ0v) is 6.15. The van der Waals surface area contributed by atoms with Crippen LogP contribution in [0.2, 0.25) is 0 Å². The van der Waals surface area contributed by atoms with Gasteiger partial charge in [0.2, 0.25) is 0 Å². The molecule has 0 unspecified atom stereocenters. The molecule has 0 N–H and O–H groups in total. The highest BCUT2D eigenvalue weighted by molar-refractivity contribution is 5.96. The number of ketones is 1. The summed E-state index contributed by atoms with van der Waals surface area (Å²) >= 11 is 0. The van der Waals surface area contributed by atoms with Crippen molar-refractivity contribution in [2.75, 3.05) is 13.7 Å². The van der Waals surface area contributed by atoms with E-state index in [1.54, 1.807) is 6.07 Å². The molecule has 1 aromatic heterocycles. The number of rotatable bonds is 3. The van der Waals surface area contributed by atoms with E-state index in [4.69, 9.17) is 0 Å². The minimum Gasteiger partial charge on any atom is -0.377 e. The number of hydrogen-bond donors (Lipinski definition) is 0. The lowest BCUT2D eigenvalue weighted by Gasteiger charge is -1.95. The molecule has 0 radical (unpaired) electrons. The largest absolute Gasteiger partial charge is 0.377 e. The summed E-state index contributed by atoms with van der Waals surface area (Å²) in [5, 5.41) is 7.11. The Kier molecular flexibility index (Phi) is 2.68. The molecular formula is C7H8N2O2. The molecule has 4 nitrogen and oxygen atoms in total. The fourth-order valence-electron chi connectivity index (χ4n) is 0.670. The van der Waals surface area contributed by atoms with Crippen LogP contribution in [0.15, 0.2) is 18.5 Å². The molecule has 0 aliphatic rings. The first-order chi connectivity index (χ1) is 5.34. The van der Waals surface area contributed by atoms with Crippen molar-refractivity contribution in [3.8, 4) is 0 Å². The third-order valence-electron chi connectivity index (χ3n) is 1.18. The summed E-state index contributed by atoms with van der Waals surface area (Å²) in [5.41, 5.74) is 0.529. The van der Waals surface area contributed by atoms with Crippen LogP contribution >= 0.6 is 0 Å². The van der Waals surface area contributed by atoms with Crippen molar-refractivity contribution in [1.82, 2.24) is 10.2 Å². The third-order valence-corrected chi connectivity index (χ3v) is 1.18. The second-order valence-electron chi connectivity index (χ2n) is 1.99. The van der Waals surface area contributed by atoms with Gasteiger partial charge in [0.15, 0.2) is 5.78 Å². The van der Waals surface area contributed by atoms with Crippen molar-refractivity contribution in [2.45, 2.75) is 0 Å². The molecule has 0 fully saturated rings. The Balaban J connectivity index is 2.69. The number of nitrogens with zero attached hydrogens (tertiary/aromatic N) is 2. The number of carbonyl (C=O) groups excluding carboxylic acids is 1. The normalized spacial score (nSPS) is 9.55. The van der Waals surface area contributed by atoms with Gasteiger partial charge in [0.05, 0.1) is 12.4 Å². The van der Waals surface area contributed by atoms with Crippen molar-refractivity contribution in [2.24, 2.45) is 0 Å². The molecule has 1 heterocycles. The van der Waals surface area contributed by atoms with Gasteiger partial charge in [-0.1, -0.05) is 0 Å². The van der Waals surface area contributed by atoms with E-state index in [0.717, 1.165) is 0 Å². The van der Waals surface area contributed by atoms with E-state index in [2.05, 4.69) is 14.9 Å². The van der Waals surface area contributed by atoms with Gasteiger partial charge in [0, 0.05) is 12.7 Å². The lowest BCUT2D eigenvalue weighted by atomic mass is 10.2. The molecule has 0 aromatic carbocycles. The van der Waals surface area contributed by atoms with Gasteiger partial charge in [0.1, 0.15) is 6.61 Å². The number of Topliss-reactive ketones (excluding diaryl/α,β-unsaturated/α-hetero) is 1. The molecule has 0 aliphatic carbocycles. The first kappa shape index (κ1) is 7.81. The minimum absolute atomic E-state index is 0.0811. The summed E-state index contributed by atoms with van der Waals surface area (Å²) in [5.74, 6) is -0.0811. The van der Waals surface area contributed by atoms with Crippen LogP contribution in [0.1, 0.15) is 10.4 Å². The molecule has 0 saturated heterocycles. The summed E-state index contributed by atoms with van der Waals surface area (Å²) in [7, 11) is 1.48. The first-order valence-corrected chi connectivity index (χ1v) is 3.13. The summed E-state index contributed by atoms with van der Waals surface area (Å²) < 4.78 is 4.66. The van der Waals surface area contributed by atoms with Crippen molar-refractivity contribution < 1.29 is 9.53 Å². The smallest absolute Gasteiger partial charge is 0.190 e. The average molecular weight is 152 g/mol. The summed E-state index contributed by atoms with van der Waals surface area (Å²) in [4.78, 5) is 11.1. The molecule has 11 heavy (non-hydrogen) atoms. The van der Waals surface area contributed by atoms with Gasteiger partial charge in [0.25, 0.3) is 0 Å². The molecule has 0 spiro atoms. The highest BCUT2D eigenvalue weighted by Gasteiger charge is 2.03. The number of carbonyl (C=O) groups is 1. The van der Waals surface area contributed by atoms with Crippen LogP contribution in [0, 0.1) is 0 Å². The van der Waals surface area contributed by atoms with Gasteiger partial charge in [-0.25, -0.2) is 0 Å². The Morgan fingerprint density at radius 1 is 1.64 bits per heavy atom. The summed E-state index contributed by atoms with van der Waals surface area (Å²) in [6.45, 7) is 0.0890. The maximum atomic E-state index is 11.1. The summed E-state index contributed by atoms with van der Waals surface area (Å²) in [6, 6.07) is 1.61. The van der Waals surface area contributed by atoms with Crippen LogP contribution in [0.3, 0.4) is 0 Å². The quantitative estimate of drug-likeness (QED) is 0.585. The van der Waals surface area contributed by atoms with Crippen LogP contribution in [0.4, 0.5) is 0 Å². The van der Waals surface area contributed by atoms with Gasteiger partial charge < -0.3 is 4.74 Å². The number of hydrogen-bond acceptors (Lipinski definition) is 4. The van der Waals surface area contributed by atoms with Crippen LogP contribution in [0.5, 0.6) is 0 Å². The van der Waals surface area contributed by atoms with Gasteiger partial charge in [-0.2, -0.15) is 10.2 Å². The Hall–Kier alpha value is -1.29. The Morgan fingerprint density at radius 2 is 2.45 bits per heavy atom. The van der Waals surface area contributed by atoms with E-state index in [9.17, 15) is 4.79 Å². The maximum absolute atomic E-state index is 11.1. The lowest BCUT2D eigenvalue weighted by Crippen LogP contribution is -2.07. The molecule has 0 amide bonds. The van der Waals surface area contributed by atoms with E-state index >= 15 is 0 Å². The maximum Gasteiger partial charge on any atom is 0.190 e. The van der Waals surface area contributed by atoms with E-state index < -0.39 is 0 Å². The monoisotopic (exact) mass is 152 g/mol. The minimum atomic E-state index is -0.0811. The van der Waals surface area contributed by atoms with Crippen LogP contribution in [-0.4, -0.2) is 29.7 Å². The zero-order valence-electron chi connectivity index (χ0n) is 6.15. The third kappa shape index (κ3) is 2.09. The molecule has 1 aromatic rings. The highest BCUT2D eigenvalue weighted by atomic mass is 16.5. The van der Waals surface area contributed by atoms with Crippen molar-refractivity contribution in [1.29, 1.82) is 0 Å². The Bertz CT molecular complexity index is 235. The Labute approximate surface area is 64.2 Å². The predicted octanol–water partition coefficient (Wildman–Crippen LogP) is 0.306. The van der Waals surface area contributed by atoms with Gasteiger partial charge in [-0.05, 0) is 6.07 Å². The lowest BCUT2D eigenvalue weighted by molar-refractivity contribution is 0.0847. The number of methoxy groups -OCH3 is 1. The van der Waals surface area contributed by atoms with E-state index in [1.165, 1.54) is 19.5 Å². The molecule has 0 bridgehead atoms. The van der Waals surface area contributed by atoms with Gasteiger partial charge >= 0.3 is 0 Å². The molecule has 0 atom stereocenters. The Morgan fingerprint density at radius 3 is 3.00 bits per heavy atom. The highest BCUT2D eigenvalue weighted by Crippen LogP contribution is 1.95. The number of ether oxygens (including phenoxy) is 1. The predicted molar refractivity (Wildman–Crippen MR) is 38.2 cm³/mol. The van der Waals surface area contributed by atoms with Crippen molar-refractivity contribution in [3.63, 3.8) is 0 Å². The van der Waals surface area contributed by atoms with Gasteiger partial charge in [-0.3, -0.25) is 4.79 Å². The standard InChI is InChI=1S/C7H8N2O2/c1-11-5-7(10)6-2-3-8-9-4-6/h2-4H,5H2,1H3. The van der Waals surface area contributed by atoms with E-state index in [-0.39, 0.29) is 12.4 Å². The molecule has 1 rings (SSSR count). The first-order valence-electron chi connectivity index (χ1n) is 3.13. The van der Waals surface area contributed by atoms with Crippen molar-refractivity contribution in [3.05, 3.63) is 24.0 Å². The van der Waals surface area contributed by atoms with Crippen LogP contribution < -0.4 is 0 Å². The molecule has 0 aliphatic heterocycles. The zero-order chi connectivity index (χ0) is 8.10. The second-order valence-corrected chi connectivity index (χ2v) is 1.99. The molecular weight excluding hydrogens is 144 g/mol.